The lowest BCUT2D eigenvalue weighted by Gasteiger charge is -2.71. The van der Waals surface area contributed by atoms with Gasteiger partial charge in [-0.05, 0) is 122 Å². The summed E-state index contributed by atoms with van der Waals surface area (Å²) in [5.41, 5.74) is 0.253. The van der Waals surface area contributed by atoms with Crippen LogP contribution in [0.2, 0.25) is 0 Å². The number of allylic oxidation sites excluding steroid dienone is 2. The molecule has 8 heteroatoms. The van der Waals surface area contributed by atoms with Gasteiger partial charge >= 0.3 is 11.9 Å². The largest absolute Gasteiger partial charge is 0.469 e. The van der Waals surface area contributed by atoms with E-state index in [0.29, 0.717) is 12.8 Å². The second kappa shape index (κ2) is 13.8. The van der Waals surface area contributed by atoms with Crippen molar-refractivity contribution in [3.05, 3.63) is 83.4 Å². The summed E-state index contributed by atoms with van der Waals surface area (Å²) in [5, 5.41) is 0. The number of likely N-dealkylation sites (tertiary alicyclic amines) is 1. The zero-order valence-corrected chi connectivity index (χ0v) is 35.2. The van der Waals surface area contributed by atoms with Crippen molar-refractivity contribution in [2.75, 3.05) is 20.2 Å². The lowest BCUT2D eigenvalue weighted by Crippen LogP contribution is -2.70. The number of halogens is 2. The Bertz CT molecular complexity index is 1890. The summed E-state index contributed by atoms with van der Waals surface area (Å²) in [6.45, 7) is 14.0. The molecular formula is C49H63F2NO5. The highest BCUT2D eigenvalue weighted by atomic mass is 19.3. The van der Waals surface area contributed by atoms with Crippen molar-refractivity contribution in [1.29, 1.82) is 0 Å². The van der Waals surface area contributed by atoms with Crippen molar-refractivity contribution >= 4 is 17.7 Å². The minimum Gasteiger partial charge on any atom is -0.469 e. The van der Waals surface area contributed by atoms with Gasteiger partial charge < -0.3 is 9.47 Å². The van der Waals surface area contributed by atoms with Gasteiger partial charge in [-0.2, -0.15) is 0 Å². The third-order valence-electron chi connectivity index (χ3n) is 17.7. The third kappa shape index (κ3) is 6.10. The lowest BCUT2D eigenvalue weighted by molar-refractivity contribution is -0.213. The molecule has 0 amide bonds. The normalized spacial score (nSPS) is 41.4. The number of carbonyl (C=O) groups excluding carboxylic acids is 3. The average Bonchev–Trinajstić information content (AvgIpc) is 3.19. The molecule has 6 aliphatic rings. The van der Waals surface area contributed by atoms with Crippen LogP contribution in [0.25, 0.3) is 0 Å². The highest BCUT2D eigenvalue weighted by Crippen LogP contribution is 2.75. The summed E-state index contributed by atoms with van der Waals surface area (Å²) in [6, 6.07) is 19.7. The topological polar surface area (TPSA) is 72.9 Å². The van der Waals surface area contributed by atoms with Gasteiger partial charge in [-0.1, -0.05) is 93.9 Å². The minimum atomic E-state index is -2.68. The van der Waals surface area contributed by atoms with Crippen LogP contribution >= 0.6 is 0 Å². The second-order valence-corrected chi connectivity index (χ2v) is 20.6. The van der Waals surface area contributed by atoms with Gasteiger partial charge in [0.25, 0.3) is 5.92 Å². The molecule has 57 heavy (non-hydrogen) atoms. The summed E-state index contributed by atoms with van der Waals surface area (Å²) >= 11 is 0. The first-order valence-electron chi connectivity index (χ1n) is 21.6. The number of piperidine rings is 1. The van der Waals surface area contributed by atoms with Gasteiger partial charge in [-0.15, -0.1) is 0 Å². The van der Waals surface area contributed by atoms with Crippen LogP contribution in [0, 0.1) is 50.2 Å². The number of nitrogens with zero attached hydrogens (tertiary/aromatic N) is 1. The number of hydrogen-bond acceptors (Lipinski definition) is 6. The van der Waals surface area contributed by atoms with E-state index in [9.17, 15) is 18.4 Å². The van der Waals surface area contributed by atoms with E-state index in [1.165, 1.54) is 12.7 Å². The van der Waals surface area contributed by atoms with Crippen molar-refractivity contribution in [3.8, 4) is 0 Å². The molecule has 2 aromatic carbocycles. The Kier molecular flexibility index (Phi) is 9.81. The Balaban J connectivity index is 1.11. The molecule has 0 bridgehead atoms. The summed E-state index contributed by atoms with van der Waals surface area (Å²) in [6.07, 6.45) is 8.27. The van der Waals surface area contributed by atoms with Gasteiger partial charge in [0.15, 0.2) is 11.9 Å². The highest BCUT2D eigenvalue weighted by Gasteiger charge is 2.72. The SMILES string of the molecule is COC(=O)[C@]1(C)[C@@H](N2CCC(F)(F)CC2)CC[C@@]2(C)[C@H]1CC[C@]1(C)[C@@H]2C(=O)C=C2[C@@H]3C[C@@](C)(C(=O)OC(c4ccccc4)c4ccccc4)CC[C@]3(C)CC[C@]21C. The lowest BCUT2D eigenvalue weighted by atomic mass is 9.33. The van der Waals surface area contributed by atoms with E-state index < -0.39 is 28.3 Å². The molecule has 4 saturated carbocycles. The highest BCUT2D eigenvalue weighted by molar-refractivity contribution is 5.96. The van der Waals surface area contributed by atoms with Crippen LogP contribution in [0.15, 0.2) is 72.3 Å². The van der Waals surface area contributed by atoms with E-state index in [4.69, 9.17) is 9.47 Å². The van der Waals surface area contributed by atoms with E-state index in [0.717, 1.165) is 56.1 Å². The Morgan fingerprint density at radius 2 is 1.35 bits per heavy atom. The molecule has 10 atom stereocenters. The fourth-order valence-corrected chi connectivity index (χ4v) is 14.1. The molecule has 2 aromatic rings. The molecule has 1 heterocycles. The Labute approximate surface area is 338 Å². The number of hydrogen-bond donors (Lipinski definition) is 0. The van der Waals surface area contributed by atoms with Crippen molar-refractivity contribution < 1.29 is 32.6 Å². The second-order valence-electron chi connectivity index (χ2n) is 20.6. The van der Waals surface area contributed by atoms with Gasteiger partial charge in [0, 0.05) is 37.9 Å². The molecule has 308 valence electrons. The van der Waals surface area contributed by atoms with Gasteiger partial charge in [0.2, 0.25) is 0 Å². The summed E-state index contributed by atoms with van der Waals surface area (Å²) in [5.74, 6) is -3.40. The molecule has 0 aromatic heterocycles. The first-order valence-corrected chi connectivity index (χ1v) is 21.6. The number of alkyl halides is 2. The van der Waals surface area contributed by atoms with Crippen LogP contribution in [0.1, 0.15) is 129 Å². The smallest absolute Gasteiger partial charge is 0.313 e. The average molecular weight is 784 g/mol. The van der Waals surface area contributed by atoms with Crippen LogP contribution in [0.3, 0.4) is 0 Å². The number of esters is 2. The predicted molar refractivity (Wildman–Crippen MR) is 216 cm³/mol. The van der Waals surface area contributed by atoms with Crippen LogP contribution < -0.4 is 0 Å². The summed E-state index contributed by atoms with van der Waals surface area (Å²) in [7, 11) is 1.44. The molecule has 6 nitrogen and oxygen atoms in total. The first kappa shape index (κ1) is 40.4. The Morgan fingerprint density at radius 3 is 1.95 bits per heavy atom. The zero-order chi connectivity index (χ0) is 40.8. The molecule has 0 N–H and O–H groups in total. The standard InChI is InChI=1S/C49H63F2NO5/c1-43-22-23-44(2,41(54)57-39(32-14-10-8-11-15-32)33-16-12-9-13-17-33)31-35(43)34-30-36(53)40-45(3)20-19-38(52-28-26-49(50,51)27-29-52)48(6,42(55)56-7)37(45)18-21-47(40,5)46(34,4)25-24-43/h8-17,30,35,37-40H,18-29,31H2,1-7H3/t35-,37+,38-,40+,43+,44-,45-,46+,47+,48-/m0/s1. The molecule has 5 aliphatic carbocycles. The van der Waals surface area contributed by atoms with Crippen molar-refractivity contribution in [1.82, 2.24) is 4.90 Å². The predicted octanol–water partition coefficient (Wildman–Crippen LogP) is 10.6. The fourth-order valence-electron chi connectivity index (χ4n) is 14.1. The van der Waals surface area contributed by atoms with Crippen molar-refractivity contribution in [3.63, 3.8) is 0 Å². The Morgan fingerprint density at radius 1 is 0.754 bits per heavy atom. The number of methoxy groups -OCH3 is 1. The summed E-state index contributed by atoms with van der Waals surface area (Å²) < 4.78 is 40.8. The Hall–Kier alpha value is -3.39. The minimum absolute atomic E-state index is 0.0409. The van der Waals surface area contributed by atoms with Crippen LogP contribution in [0.4, 0.5) is 8.78 Å². The summed E-state index contributed by atoms with van der Waals surface area (Å²) in [4.78, 5) is 45.9. The molecule has 0 unspecified atom stereocenters. The molecule has 5 fully saturated rings. The molecule has 8 rings (SSSR count). The molecule has 0 radical (unpaired) electrons. The maximum atomic E-state index is 15.2. The van der Waals surface area contributed by atoms with Gasteiger partial charge in [0.05, 0.1) is 17.9 Å². The number of benzene rings is 2. The van der Waals surface area contributed by atoms with E-state index >= 15 is 4.79 Å². The number of rotatable bonds is 6. The van der Waals surface area contributed by atoms with Crippen LogP contribution in [0.5, 0.6) is 0 Å². The van der Waals surface area contributed by atoms with Crippen LogP contribution in [-0.2, 0) is 23.9 Å². The number of ether oxygens (including phenoxy) is 2. The van der Waals surface area contributed by atoms with Crippen molar-refractivity contribution in [2.24, 2.45) is 50.2 Å². The third-order valence-corrected chi connectivity index (χ3v) is 17.7. The number of fused-ring (bicyclic) bond motifs is 7. The zero-order valence-electron chi connectivity index (χ0n) is 35.2. The maximum Gasteiger partial charge on any atom is 0.313 e. The van der Waals surface area contributed by atoms with Crippen molar-refractivity contribution in [2.45, 2.75) is 130 Å². The molecule has 1 aliphatic heterocycles. The van der Waals surface area contributed by atoms with Gasteiger partial charge in [0.1, 0.15) is 0 Å². The number of carbonyl (C=O) groups is 3. The number of ketones is 1. The van der Waals surface area contributed by atoms with Gasteiger partial charge in [-0.25, -0.2) is 8.78 Å². The van der Waals surface area contributed by atoms with E-state index in [2.05, 4.69) is 39.5 Å². The molecule has 0 spiro atoms. The fraction of sp³-hybridized carbons (Fsp3) is 0.653. The van der Waals surface area contributed by atoms with E-state index in [1.807, 2.05) is 73.7 Å². The first-order chi connectivity index (χ1) is 26.9. The maximum absolute atomic E-state index is 15.2. The van der Waals surface area contributed by atoms with E-state index in [-0.39, 0.29) is 83.7 Å². The quantitative estimate of drug-likeness (QED) is 0.272. The monoisotopic (exact) mass is 783 g/mol. The molecular weight excluding hydrogens is 721 g/mol. The van der Waals surface area contributed by atoms with E-state index in [1.54, 1.807) is 0 Å². The molecule has 1 saturated heterocycles. The van der Waals surface area contributed by atoms with Crippen LogP contribution in [-0.4, -0.2) is 54.8 Å². The van der Waals surface area contributed by atoms with Gasteiger partial charge in [-0.3, -0.25) is 19.3 Å².